The van der Waals surface area contributed by atoms with Crippen LogP contribution in [0, 0.1) is 62.1 Å². The minimum Gasteiger partial charge on any atom is -0.452 e. The van der Waals surface area contributed by atoms with Crippen LogP contribution in [-0.4, -0.2) is 24.1 Å². The van der Waals surface area contributed by atoms with Gasteiger partial charge in [0.25, 0.3) is 0 Å². The minimum atomic E-state index is -2.05. The molecular formula is C14H8BrN5O2. The monoisotopic (exact) mass is 357 g/mol. The lowest BCUT2D eigenvalue weighted by molar-refractivity contribution is 0.100. The van der Waals surface area contributed by atoms with Crippen molar-refractivity contribution in [2.24, 2.45) is 16.7 Å². The van der Waals surface area contributed by atoms with Crippen LogP contribution in [-0.2, 0) is 4.74 Å². The number of nitrogens with zero attached hydrogens (tertiary/aromatic N) is 5. The molecule has 0 saturated carbocycles. The highest BCUT2D eigenvalue weighted by Crippen LogP contribution is 2.57. The SMILES string of the molecule is COC(=O)N1C=CC2C(Br)=CC1C(C#N)(C#N)C2(C#N)C#N. The Labute approximate surface area is 135 Å². The zero-order valence-electron chi connectivity index (χ0n) is 11.3. The van der Waals surface area contributed by atoms with Gasteiger partial charge in [-0.05, 0) is 6.08 Å². The van der Waals surface area contributed by atoms with Crippen molar-refractivity contribution in [1.29, 1.82) is 21.0 Å². The third kappa shape index (κ3) is 1.59. The van der Waals surface area contributed by atoms with Crippen molar-refractivity contribution in [3.8, 4) is 24.3 Å². The fourth-order valence-electron chi connectivity index (χ4n) is 2.82. The van der Waals surface area contributed by atoms with Gasteiger partial charge in [-0.15, -0.1) is 0 Å². The molecule has 2 bridgehead atoms. The first-order chi connectivity index (χ1) is 10.5. The van der Waals surface area contributed by atoms with Crippen molar-refractivity contribution in [2.45, 2.75) is 6.04 Å². The number of ether oxygens (including phenoxy) is 1. The normalized spacial score (nSPS) is 26.5. The van der Waals surface area contributed by atoms with E-state index >= 15 is 0 Å². The average Bonchev–Trinajstić information content (AvgIpc) is 2.79. The van der Waals surface area contributed by atoms with E-state index in [4.69, 9.17) is 0 Å². The molecule has 2 atom stereocenters. The number of methoxy groups -OCH3 is 1. The Hall–Kier alpha value is -2.81. The molecule has 2 unspecified atom stereocenters. The number of hydrogen-bond acceptors (Lipinski definition) is 6. The van der Waals surface area contributed by atoms with E-state index < -0.39 is 28.9 Å². The van der Waals surface area contributed by atoms with Gasteiger partial charge in [-0.2, -0.15) is 21.0 Å². The molecule has 0 radical (unpaired) electrons. The van der Waals surface area contributed by atoms with Crippen LogP contribution < -0.4 is 0 Å². The summed E-state index contributed by atoms with van der Waals surface area (Å²) in [4.78, 5) is 13.0. The Morgan fingerprint density at radius 3 is 2.23 bits per heavy atom. The van der Waals surface area contributed by atoms with Crippen LogP contribution in [0.25, 0.3) is 0 Å². The van der Waals surface area contributed by atoms with E-state index in [-0.39, 0.29) is 0 Å². The molecule has 7 nitrogen and oxygen atoms in total. The zero-order chi connectivity index (χ0) is 16.5. The van der Waals surface area contributed by atoms with Gasteiger partial charge in [0, 0.05) is 16.6 Å². The van der Waals surface area contributed by atoms with Gasteiger partial charge in [-0.3, -0.25) is 4.90 Å². The Kier molecular flexibility index (Phi) is 3.67. The van der Waals surface area contributed by atoms with Crippen LogP contribution in [0.15, 0.2) is 22.8 Å². The van der Waals surface area contributed by atoms with Crippen LogP contribution in [0.3, 0.4) is 0 Å². The largest absolute Gasteiger partial charge is 0.452 e. The molecule has 22 heavy (non-hydrogen) atoms. The molecule has 8 heteroatoms. The first-order valence-electron chi connectivity index (χ1n) is 6.04. The molecule has 0 spiro atoms. The Bertz CT molecular complexity index is 730. The third-order valence-electron chi connectivity index (χ3n) is 3.98. The number of fused-ring (bicyclic) bond motifs is 2. The molecule has 0 aromatic carbocycles. The Morgan fingerprint density at radius 1 is 1.23 bits per heavy atom. The van der Waals surface area contributed by atoms with Gasteiger partial charge in [0.1, 0.15) is 0 Å². The average molecular weight is 358 g/mol. The molecule has 1 amide bonds. The number of hydrogen-bond donors (Lipinski definition) is 0. The van der Waals surface area contributed by atoms with Crippen molar-refractivity contribution < 1.29 is 9.53 Å². The molecule has 0 N–H and O–H groups in total. The van der Waals surface area contributed by atoms with Crippen molar-refractivity contribution in [3.63, 3.8) is 0 Å². The second kappa shape index (κ2) is 5.19. The van der Waals surface area contributed by atoms with Gasteiger partial charge in [0.15, 0.2) is 10.8 Å². The number of amides is 1. The number of allylic oxidation sites excluding steroid dienone is 2. The molecule has 0 fully saturated rings. The molecule has 0 aromatic heterocycles. The lowest BCUT2D eigenvalue weighted by atomic mass is 9.54. The van der Waals surface area contributed by atoms with Crippen molar-refractivity contribution in [3.05, 3.63) is 22.8 Å². The molecule has 3 rings (SSSR count). The van der Waals surface area contributed by atoms with Crippen LogP contribution in [0.1, 0.15) is 0 Å². The van der Waals surface area contributed by atoms with Gasteiger partial charge < -0.3 is 4.74 Å². The molecule has 1 aliphatic carbocycles. The summed E-state index contributed by atoms with van der Waals surface area (Å²) in [5, 5.41) is 38.4. The second-order valence-corrected chi connectivity index (χ2v) is 5.67. The fraction of sp³-hybridized carbons (Fsp3) is 0.357. The molecule has 2 aliphatic heterocycles. The second-order valence-electron chi connectivity index (χ2n) is 4.76. The summed E-state index contributed by atoms with van der Waals surface area (Å²) in [6.45, 7) is 0. The van der Waals surface area contributed by atoms with E-state index in [1.807, 2.05) is 12.1 Å². The topological polar surface area (TPSA) is 125 Å². The molecular weight excluding hydrogens is 350 g/mol. The number of rotatable bonds is 0. The van der Waals surface area contributed by atoms with Crippen molar-refractivity contribution in [1.82, 2.24) is 4.90 Å². The quantitative estimate of drug-likeness (QED) is 0.651. The Morgan fingerprint density at radius 2 is 1.77 bits per heavy atom. The molecule has 108 valence electrons. The van der Waals surface area contributed by atoms with Crippen molar-refractivity contribution in [2.75, 3.05) is 7.11 Å². The maximum Gasteiger partial charge on any atom is 0.414 e. The number of carbonyl (C=O) groups is 1. The highest BCUT2D eigenvalue weighted by atomic mass is 79.9. The van der Waals surface area contributed by atoms with Crippen LogP contribution in [0.4, 0.5) is 4.79 Å². The standard InChI is InChI=1S/C14H8BrN5O2/c1-22-12(21)20-3-2-9-10(15)4-11(20)14(7-18,8-19)13(9,5-16)6-17/h2-4,9,11H,1H3. The Balaban J connectivity index is 2.86. The summed E-state index contributed by atoms with van der Waals surface area (Å²) in [6, 6.07) is 6.14. The van der Waals surface area contributed by atoms with Crippen LogP contribution in [0.2, 0.25) is 0 Å². The lowest BCUT2D eigenvalue weighted by Gasteiger charge is -2.43. The predicted octanol–water partition coefficient (Wildman–Crippen LogP) is 1.93. The summed E-state index contributed by atoms with van der Waals surface area (Å²) >= 11 is 3.27. The van der Waals surface area contributed by atoms with Crippen LogP contribution >= 0.6 is 15.9 Å². The van der Waals surface area contributed by atoms with E-state index in [1.54, 1.807) is 12.1 Å². The summed E-state index contributed by atoms with van der Waals surface area (Å²) in [5.41, 5.74) is -4.00. The van der Waals surface area contributed by atoms with Gasteiger partial charge >= 0.3 is 6.09 Å². The fourth-order valence-corrected chi connectivity index (χ4v) is 3.56. The maximum atomic E-state index is 11.9. The highest BCUT2D eigenvalue weighted by Gasteiger charge is 2.67. The summed E-state index contributed by atoms with van der Waals surface area (Å²) < 4.78 is 5.12. The molecule has 0 aromatic rings. The van der Waals surface area contributed by atoms with Crippen LogP contribution in [0.5, 0.6) is 0 Å². The molecule has 2 heterocycles. The van der Waals surface area contributed by atoms with E-state index in [1.165, 1.54) is 18.4 Å². The van der Waals surface area contributed by atoms with Gasteiger partial charge in [0.05, 0.1) is 37.4 Å². The molecule has 3 aliphatic rings. The summed E-state index contributed by atoms with van der Waals surface area (Å²) in [7, 11) is 1.16. The number of halogens is 1. The van der Waals surface area contributed by atoms with Gasteiger partial charge in [-0.25, -0.2) is 4.79 Å². The predicted molar refractivity (Wildman–Crippen MR) is 75.0 cm³/mol. The van der Waals surface area contributed by atoms with E-state index in [2.05, 4.69) is 20.7 Å². The first-order valence-corrected chi connectivity index (χ1v) is 6.84. The van der Waals surface area contributed by atoms with Gasteiger partial charge in [0.2, 0.25) is 0 Å². The lowest BCUT2D eigenvalue weighted by Crippen LogP contribution is -2.57. The van der Waals surface area contributed by atoms with Gasteiger partial charge in [-0.1, -0.05) is 22.0 Å². The minimum absolute atomic E-state index is 0.462. The summed E-state index contributed by atoms with van der Waals surface area (Å²) in [6.07, 6.45) is 3.48. The highest BCUT2D eigenvalue weighted by molar-refractivity contribution is 9.11. The number of carbonyl (C=O) groups excluding carboxylic acids is 1. The van der Waals surface area contributed by atoms with E-state index in [0.29, 0.717) is 4.48 Å². The molecule has 0 saturated heterocycles. The van der Waals surface area contributed by atoms with E-state index in [9.17, 15) is 25.8 Å². The first kappa shape index (κ1) is 15.6. The maximum absolute atomic E-state index is 11.9. The third-order valence-corrected chi connectivity index (χ3v) is 4.73. The van der Waals surface area contributed by atoms with E-state index in [0.717, 1.165) is 12.0 Å². The smallest absolute Gasteiger partial charge is 0.414 e. The zero-order valence-corrected chi connectivity index (χ0v) is 12.9. The van der Waals surface area contributed by atoms with Crippen molar-refractivity contribution >= 4 is 22.0 Å². The number of nitriles is 4. The summed E-state index contributed by atoms with van der Waals surface area (Å²) in [5.74, 6) is -0.840.